The summed E-state index contributed by atoms with van der Waals surface area (Å²) in [5.74, 6) is -1.42. The zero-order valence-electron chi connectivity index (χ0n) is 16.9. The average Bonchev–Trinajstić information content (AvgIpc) is 2.76. The van der Waals surface area contributed by atoms with Crippen molar-refractivity contribution in [3.63, 3.8) is 0 Å². The summed E-state index contributed by atoms with van der Waals surface area (Å²) in [4.78, 5) is 46.2. The van der Waals surface area contributed by atoms with Gasteiger partial charge in [0.1, 0.15) is 17.5 Å². The molecule has 0 aliphatic heterocycles. The molecule has 2 amide bonds. The average molecular weight is 427 g/mol. The van der Waals surface area contributed by atoms with E-state index >= 15 is 0 Å². The van der Waals surface area contributed by atoms with Gasteiger partial charge in [0.05, 0.1) is 12.0 Å². The fraction of sp³-hybridized carbons (Fsp3) is 0.190. The monoisotopic (exact) mass is 427 g/mol. The quantitative estimate of drug-likeness (QED) is 0.271. The first kappa shape index (κ1) is 23.1. The molecular weight excluding hydrogens is 406 g/mol. The van der Waals surface area contributed by atoms with Gasteiger partial charge in [-0.3, -0.25) is 19.7 Å². The number of methoxy groups -OCH3 is 1. The minimum atomic E-state index is -1.01. The van der Waals surface area contributed by atoms with Gasteiger partial charge >= 0.3 is 5.97 Å². The number of nitro groups is 1. The molecule has 0 aromatic heterocycles. The Balaban J connectivity index is 1.81. The SMILES string of the molecule is COc1ccc(C=CC(=O)NC(C)C(=O)OCC(=O)Nc2ccccc2[N+](=O)[O-])cc1. The first-order chi connectivity index (χ1) is 14.8. The number of nitrogens with zero attached hydrogens (tertiary/aromatic N) is 1. The molecule has 10 nitrogen and oxygen atoms in total. The van der Waals surface area contributed by atoms with Crippen LogP contribution in [0.25, 0.3) is 6.08 Å². The molecule has 0 spiro atoms. The first-order valence-electron chi connectivity index (χ1n) is 9.12. The minimum Gasteiger partial charge on any atom is -0.497 e. The molecule has 0 heterocycles. The molecular formula is C21H21N3O7. The third-order valence-electron chi connectivity index (χ3n) is 3.98. The summed E-state index contributed by atoms with van der Waals surface area (Å²) >= 11 is 0. The summed E-state index contributed by atoms with van der Waals surface area (Å²) < 4.78 is 9.90. The van der Waals surface area contributed by atoms with Gasteiger partial charge < -0.3 is 20.1 Å². The normalized spacial score (nSPS) is 11.4. The Kier molecular flexibility index (Phi) is 8.26. The Morgan fingerprint density at radius 3 is 2.45 bits per heavy atom. The predicted molar refractivity (Wildman–Crippen MR) is 112 cm³/mol. The van der Waals surface area contributed by atoms with Crippen molar-refractivity contribution in [3.05, 3.63) is 70.3 Å². The van der Waals surface area contributed by atoms with Crippen molar-refractivity contribution in [2.45, 2.75) is 13.0 Å². The Morgan fingerprint density at radius 1 is 1.13 bits per heavy atom. The third kappa shape index (κ3) is 7.28. The number of hydrogen-bond acceptors (Lipinski definition) is 7. The molecule has 0 fully saturated rings. The third-order valence-corrected chi connectivity index (χ3v) is 3.98. The number of nitrogens with one attached hydrogen (secondary N) is 2. The highest BCUT2D eigenvalue weighted by molar-refractivity contribution is 5.96. The molecule has 31 heavy (non-hydrogen) atoms. The van der Waals surface area contributed by atoms with E-state index in [0.717, 1.165) is 5.56 Å². The maximum atomic E-state index is 12.0. The van der Waals surface area contributed by atoms with E-state index < -0.39 is 35.4 Å². The number of esters is 1. The molecule has 0 radical (unpaired) electrons. The summed E-state index contributed by atoms with van der Waals surface area (Å²) in [7, 11) is 1.55. The lowest BCUT2D eigenvalue weighted by atomic mass is 10.2. The number of hydrogen-bond donors (Lipinski definition) is 2. The largest absolute Gasteiger partial charge is 0.497 e. The van der Waals surface area contributed by atoms with Gasteiger partial charge in [-0.25, -0.2) is 4.79 Å². The maximum Gasteiger partial charge on any atom is 0.328 e. The van der Waals surface area contributed by atoms with Crippen LogP contribution < -0.4 is 15.4 Å². The van der Waals surface area contributed by atoms with Crippen LogP contribution in [0.3, 0.4) is 0 Å². The molecule has 0 saturated heterocycles. The second-order valence-corrected chi connectivity index (χ2v) is 6.27. The Hall–Kier alpha value is -4.21. The molecule has 0 aliphatic rings. The van der Waals surface area contributed by atoms with Crippen LogP contribution in [0.1, 0.15) is 12.5 Å². The second kappa shape index (κ2) is 11.1. The molecule has 10 heteroatoms. The van der Waals surface area contributed by atoms with Crippen LogP contribution >= 0.6 is 0 Å². The van der Waals surface area contributed by atoms with Gasteiger partial charge in [-0.1, -0.05) is 24.3 Å². The van der Waals surface area contributed by atoms with E-state index in [9.17, 15) is 24.5 Å². The van der Waals surface area contributed by atoms with Crippen LogP contribution in [-0.4, -0.2) is 42.5 Å². The lowest BCUT2D eigenvalue weighted by Gasteiger charge is -2.12. The van der Waals surface area contributed by atoms with Crippen molar-refractivity contribution in [1.82, 2.24) is 5.32 Å². The van der Waals surface area contributed by atoms with Crippen molar-refractivity contribution in [2.24, 2.45) is 0 Å². The number of carbonyl (C=O) groups is 3. The van der Waals surface area contributed by atoms with E-state index in [0.29, 0.717) is 5.75 Å². The van der Waals surface area contributed by atoms with Gasteiger partial charge in [-0.15, -0.1) is 0 Å². The molecule has 1 unspecified atom stereocenters. The van der Waals surface area contributed by atoms with Crippen LogP contribution in [0.15, 0.2) is 54.6 Å². The summed E-state index contributed by atoms with van der Waals surface area (Å²) in [5.41, 5.74) is 0.461. The molecule has 1 atom stereocenters. The lowest BCUT2D eigenvalue weighted by Crippen LogP contribution is -2.39. The van der Waals surface area contributed by atoms with Gasteiger partial charge in [0.25, 0.3) is 11.6 Å². The number of benzene rings is 2. The number of carbonyl (C=O) groups excluding carboxylic acids is 3. The van der Waals surface area contributed by atoms with Crippen LogP contribution in [0.5, 0.6) is 5.75 Å². The molecule has 2 N–H and O–H groups in total. The molecule has 2 rings (SSSR count). The number of amides is 2. The first-order valence-corrected chi connectivity index (χ1v) is 9.12. The van der Waals surface area contributed by atoms with Crippen molar-refractivity contribution in [1.29, 1.82) is 0 Å². The van der Waals surface area contributed by atoms with Crippen LogP contribution in [0.4, 0.5) is 11.4 Å². The second-order valence-electron chi connectivity index (χ2n) is 6.27. The highest BCUT2D eigenvalue weighted by Gasteiger charge is 2.19. The number of ether oxygens (including phenoxy) is 2. The highest BCUT2D eigenvalue weighted by Crippen LogP contribution is 2.22. The van der Waals surface area contributed by atoms with E-state index in [2.05, 4.69) is 10.6 Å². The van der Waals surface area contributed by atoms with E-state index in [4.69, 9.17) is 9.47 Å². The maximum absolute atomic E-state index is 12.0. The molecule has 2 aromatic rings. The topological polar surface area (TPSA) is 137 Å². The number of para-hydroxylation sites is 2. The molecule has 0 bridgehead atoms. The smallest absolute Gasteiger partial charge is 0.328 e. The van der Waals surface area contributed by atoms with Crippen molar-refractivity contribution < 1.29 is 28.8 Å². The van der Waals surface area contributed by atoms with Crippen molar-refractivity contribution >= 4 is 35.2 Å². The number of nitro benzene ring substituents is 1. The van der Waals surface area contributed by atoms with E-state index in [1.807, 2.05) is 0 Å². The Labute approximate surface area is 178 Å². The van der Waals surface area contributed by atoms with Gasteiger partial charge in [-0.2, -0.15) is 0 Å². The van der Waals surface area contributed by atoms with E-state index in [-0.39, 0.29) is 11.4 Å². The van der Waals surface area contributed by atoms with Gasteiger partial charge in [0.15, 0.2) is 6.61 Å². The predicted octanol–water partition coefficient (Wildman–Crippen LogP) is 2.30. The van der Waals surface area contributed by atoms with E-state index in [1.165, 1.54) is 37.3 Å². The zero-order chi connectivity index (χ0) is 22.8. The molecule has 162 valence electrons. The fourth-order valence-corrected chi connectivity index (χ4v) is 2.39. The molecule has 0 aliphatic carbocycles. The zero-order valence-corrected chi connectivity index (χ0v) is 16.9. The minimum absolute atomic E-state index is 0.0152. The van der Waals surface area contributed by atoms with Crippen molar-refractivity contribution in [2.75, 3.05) is 19.0 Å². The number of anilines is 1. The van der Waals surface area contributed by atoms with Gasteiger partial charge in [-0.05, 0) is 36.8 Å². The van der Waals surface area contributed by atoms with Crippen LogP contribution in [0, 0.1) is 10.1 Å². The molecule has 2 aromatic carbocycles. The number of rotatable bonds is 9. The lowest BCUT2D eigenvalue weighted by molar-refractivity contribution is -0.383. The highest BCUT2D eigenvalue weighted by atomic mass is 16.6. The summed E-state index contributed by atoms with van der Waals surface area (Å²) in [6.45, 7) is 0.744. The molecule has 0 saturated carbocycles. The fourth-order valence-electron chi connectivity index (χ4n) is 2.39. The summed E-state index contributed by atoms with van der Waals surface area (Å²) in [6.07, 6.45) is 2.82. The Bertz CT molecular complexity index is 987. The van der Waals surface area contributed by atoms with Gasteiger partial charge in [0, 0.05) is 12.1 Å². The van der Waals surface area contributed by atoms with E-state index in [1.54, 1.807) is 37.5 Å². The van der Waals surface area contributed by atoms with Crippen LogP contribution in [0.2, 0.25) is 0 Å². The van der Waals surface area contributed by atoms with Crippen molar-refractivity contribution in [3.8, 4) is 5.75 Å². The van der Waals surface area contributed by atoms with Crippen LogP contribution in [-0.2, 0) is 19.1 Å². The Morgan fingerprint density at radius 2 is 1.81 bits per heavy atom. The summed E-state index contributed by atoms with van der Waals surface area (Å²) in [6, 6.07) is 11.6. The summed E-state index contributed by atoms with van der Waals surface area (Å²) in [5, 5.41) is 15.7. The van der Waals surface area contributed by atoms with Gasteiger partial charge in [0.2, 0.25) is 5.91 Å². The standard InChI is InChI=1S/C21H21N3O7/c1-14(22-19(25)12-9-15-7-10-16(30-2)11-8-15)21(27)31-13-20(26)23-17-5-3-4-6-18(17)24(28)29/h3-12,14H,13H2,1-2H3,(H,22,25)(H,23,26).